The summed E-state index contributed by atoms with van der Waals surface area (Å²) in [5.74, 6) is -1.13. The highest BCUT2D eigenvalue weighted by molar-refractivity contribution is 8.18. The summed E-state index contributed by atoms with van der Waals surface area (Å²) in [6.45, 7) is 4.55. The van der Waals surface area contributed by atoms with Crippen molar-refractivity contribution in [2.24, 2.45) is 0 Å². The number of carbonyl (C=O) groups excluding carboxylic acids is 3. The van der Waals surface area contributed by atoms with Gasteiger partial charge in [0.2, 0.25) is 5.91 Å². The first-order valence-electron chi connectivity index (χ1n) is 9.10. The first kappa shape index (κ1) is 20.5. The standard InChI is InChI=1S/C19H22FN3O4S/c1-2-22-9-10-27-12-15(22)17(24)21-7-8-23-18(25)16(28-19(23)26)11-13-5-3-4-6-14(13)20/h3-6,11,15H,2,7-10,12H2,1H3,(H,21,24). The summed E-state index contributed by atoms with van der Waals surface area (Å²) in [6, 6.07) is 5.67. The van der Waals surface area contributed by atoms with E-state index in [2.05, 4.69) is 5.32 Å². The van der Waals surface area contributed by atoms with E-state index in [1.165, 1.54) is 18.2 Å². The van der Waals surface area contributed by atoms with Crippen molar-refractivity contribution in [2.75, 3.05) is 39.4 Å². The summed E-state index contributed by atoms with van der Waals surface area (Å²) in [7, 11) is 0. The van der Waals surface area contributed by atoms with Crippen LogP contribution < -0.4 is 5.32 Å². The second-order valence-electron chi connectivity index (χ2n) is 6.37. The van der Waals surface area contributed by atoms with Crippen molar-refractivity contribution in [3.8, 4) is 0 Å². The first-order chi connectivity index (χ1) is 13.5. The van der Waals surface area contributed by atoms with E-state index in [9.17, 15) is 18.8 Å². The Hall–Kier alpha value is -2.23. The van der Waals surface area contributed by atoms with Gasteiger partial charge in [-0.1, -0.05) is 25.1 Å². The zero-order chi connectivity index (χ0) is 20.1. The molecule has 9 heteroatoms. The molecular weight excluding hydrogens is 385 g/mol. The van der Waals surface area contributed by atoms with Gasteiger partial charge in [-0.15, -0.1) is 0 Å². The van der Waals surface area contributed by atoms with Crippen LogP contribution in [0.25, 0.3) is 6.08 Å². The Balaban J connectivity index is 1.56. The zero-order valence-corrected chi connectivity index (χ0v) is 16.3. The van der Waals surface area contributed by atoms with E-state index in [-0.39, 0.29) is 35.5 Å². The maximum atomic E-state index is 13.8. The van der Waals surface area contributed by atoms with E-state index >= 15 is 0 Å². The lowest BCUT2D eigenvalue weighted by Crippen LogP contribution is -2.54. The number of thioether (sulfide) groups is 1. The van der Waals surface area contributed by atoms with Crippen LogP contribution in [-0.4, -0.2) is 72.3 Å². The minimum Gasteiger partial charge on any atom is -0.378 e. The van der Waals surface area contributed by atoms with E-state index in [1.807, 2.05) is 11.8 Å². The molecule has 1 unspecified atom stereocenters. The fraction of sp³-hybridized carbons (Fsp3) is 0.421. The molecule has 0 saturated carbocycles. The number of halogens is 1. The van der Waals surface area contributed by atoms with Gasteiger partial charge in [0, 0.05) is 25.2 Å². The predicted molar refractivity (Wildman–Crippen MR) is 104 cm³/mol. The lowest BCUT2D eigenvalue weighted by atomic mass is 10.2. The zero-order valence-electron chi connectivity index (χ0n) is 15.5. The Morgan fingerprint density at radius 3 is 2.93 bits per heavy atom. The molecule has 3 amide bonds. The number of amides is 3. The highest BCUT2D eigenvalue weighted by Gasteiger charge is 2.35. The van der Waals surface area contributed by atoms with E-state index in [0.717, 1.165) is 23.2 Å². The normalized spacial score (nSPS) is 22.1. The van der Waals surface area contributed by atoms with Crippen molar-refractivity contribution < 1.29 is 23.5 Å². The fourth-order valence-corrected chi connectivity index (χ4v) is 3.95. The van der Waals surface area contributed by atoms with Gasteiger partial charge in [-0.05, 0) is 30.4 Å². The molecule has 1 aromatic carbocycles. The van der Waals surface area contributed by atoms with Crippen LogP contribution in [0.5, 0.6) is 0 Å². The van der Waals surface area contributed by atoms with Crippen LogP contribution in [0.3, 0.4) is 0 Å². The minimum absolute atomic E-state index is 0.0602. The topological polar surface area (TPSA) is 79.0 Å². The lowest BCUT2D eigenvalue weighted by molar-refractivity contribution is -0.132. The molecular formula is C19H22FN3O4S. The number of ether oxygens (including phenoxy) is 1. The van der Waals surface area contributed by atoms with Crippen LogP contribution in [0.2, 0.25) is 0 Å². The van der Waals surface area contributed by atoms with Crippen LogP contribution in [0, 0.1) is 5.82 Å². The SMILES string of the molecule is CCN1CCOCC1C(=O)NCCN1C(=O)SC(=Cc2ccccc2F)C1=O. The summed E-state index contributed by atoms with van der Waals surface area (Å²) in [6.07, 6.45) is 1.37. The molecule has 2 fully saturated rings. The molecule has 1 aromatic rings. The Morgan fingerprint density at radius 1 is 1.39 bits per heavy atom. The first-order valence-corrected chi connectivity index (χ1v) is 9.92. The van der Waals surface area contributed by atoms with Crippen molar-refractivity contribution in [3.63, 3.8) is 0 Å². The van der Waals surface area contributed by atoms with Gasteiger partial charge in [0.1, 0.15) is 11.9 Å². The number of carbonyl (C=O) groups is 3. The van der Waals surface area contributed by atoms with Crippen LogP contribution in [-0.2, 0) is 14.3 Å². The number of imide groups is 1. The fourth-order valence-electron chi connectivity index (χ4n) is 3.09. The Bertz CT molecular complexity index is 801. The van der Waals surface area contributed by atoms with Crippen molar-refractivity contribution in [3.05, 3.63) is 40.6 Å². The number of morpholine rings is 1. The maximum Gasteiger partial charge on any atom is 0.293 e. The molecule has 3 rings (SSSR count). The van der Waals surface area contributed by atoms with Gasteiger partial charge in [-0.3, -0.25) is 24.2 Å². The Morgan fingerprint density at radius 2 is 2.18 bits per heavy atom. The molecule has 1 N–H and O–H groups in total. The molecule has 0 radical (unpaired) electrons. The van der Waals surface area contributed by atoms with Crippen LogP contribution >= 0.6 is 11.8 Å². The predicted octanol–water partition coefficient (Wildman–Crippen LogP) is 1.70. The second kappa shape index (κ2) is 9.31. The number of likely N-dealkylation sites (N-methyl/N-ethyl adjacent to an activating group) is 1. The van der Waals surface area contributed by atoms with Crippen molar-refractivity contribution >= 4 is 34.9 Å². The van der Waals surface area contributed by atoms with E-state index in [1.54, 1.807) is 12.1 Å². The number of rotatable bonds is 6. The summed E-state index contributed by atoms with van der Waals surface area (Å²) in [4.78, 5) is 40.2. The molecule has 0 aliphatic carbocycles. The van der Waals surface area contributed by atoms with Crippen molar-refractivity contribution in [1.29, 1.82) is 0 Å². The third-order valence-electron chi connectivity index (χ3n) is 4.65. The van der Waals surface area contributed by atoms with Gasteiger partial charge < -0.3 is 10.1 Å². The van der Waals surface area contributed by atoms with Crippen LogP contribution in [0.1, 0.15) is 12.5 Å². The minimum atomic E-state index is -0.483. The van der Waals surface area contributed by atoms with Gasteiger partial charge >= 0.3 is 0 Å². The molecule has 7 nitrogen and oxygen atoms in total. The third-order valence-corrected chi connectivity index (χ3v) is 5.56. The molecule has 1 atom stereocenters. The second-order valence-corrected chi connectivity index (χ2v) is 7.36. The van der Waals surface area contributed by atoms with Crippen molar-refractivity contribution in [1.82, 2.24) is 15.1 Å². The Kier molecular flexibility index (Phi) is 6.82. The molecule has 2 aliphatic heterocycles. The van der Waals surface area contributed by atoms with Crippen LogP contribution in [0.15, 0.2) is 29.2 Å². The highest BCUT2D eigenvalue weighted by atomic mass is 32.2. The monoisotopic (exact) mass is 407 g/mol. The summed E-state index contributed by atoms with van der Waals surface area (Å²) in [5.41, 5.74) is 0.248. The molecule has 2 heterocycles. The average Bonchev–Trinajstić information content (AvgIpc) is 2.97. The molecule has 150 valence electrons. The smallest absolute Gasteiger partial charge is 0.293 e. The lowest BCUT2D eigenvalue weighted by Gasteiger charge is -2.33. The summed E-state index contributed by atoms with van der Waals surface area (Å²) < 4.78 is 19.1. The van der Waals surface area contributed by atoms with Gasteiger partial charge in [0.25, 0.3) is 11.1 Å². The van der Waals surface area contributed by atoms with E-state index in [0.29, 0.717) is 19.8 Å². The summed E-state index contributed by atoms with van der Waals surface area (Å²) >= 11 is 0.767. The van der Waals surface area contributed by atoms with Gasteiger partial charge in [-0.2, -0.15) is 0 Å². The molecule has 2 saturated heterocycles. The van der Waals surface area contributed by atoms with E-state index < -0.39 is 17.0 Å². The van der Waals surface area contributed by atoms with Gasteiger partial charge in [-0.25, -0.2) is 4.39 Å². The van der Waals surface area contributed by atoms with Crippen LogP contribution in [0.4, 0.5) is 9.18 Å². The largest absolute Gasteiger partial charge is 0.378 e. The Labute approximate surface area is 166 Å². The number of benzene rings is 1. The third kappa shape index (κ3) is 4.60. The summed E-state index contributed by atoms with van der Waals surface area (Å²) in [5, 5.41) is 2.33. The van der Waals surface area contributed by atoms with Gasteiger partial charge in [0.15, 0.2) is 0 Å². The highest BCUT2D eigenvalue weighted by Crippen LogP contribution is 2.32. The number of nitrogens with one attached hydrogen (secondary N) is 1. The number of hydrogen-bond donors (Lipinski definition) is 1. The molecule has 0 bridgehead atoms. The molecule has 0 spiro atoms. The van der Waals surface area contributed by atoms with E-state index in [4.69, 9.17) is 4.74 Å². The van der Waals surface area contributed by atoms with Gasteiger partial charge in [0.05, 0.1) is 18.1 Å². The number of nitrogens with zero attached hydrogens (tertiary/aromatic N) is 2. The molecule has 28 heavy (non-hydrogen) atoms. The average molecular weight is 407 g/mol. The molecule has 0 aromatic heterocycles. The molecule has 2 aliphatic rings. The number of hydrogen-bond acceptors (Lipinski definition) is 6. The quantitative estimate of drug-likeness (QED) is 0.724. The maximum absolute atomic E-state index is 13.8. The van der Waals surface area contributed by atoms with Crippen molar-refractivity contribution in [2.45, 2.75) is 13.0 Å².